The van der Waals surface area contributed by atoms with Gasteiger partial charge in [0.05, 0.1) is 38.6 Å². The highest BCUT2D eigenvalue weighted by Crippen LogP contribution is 2.33. The molecule has 3 rings (SSSR count). The first kappa shape index (κ1) is 89.7. The highest BCUT2D eigenvalue weighted by atomic mass is 16.8. The van der Waals surface area contributed by atoms with Crippen molar-refractivity contribution in [1.82, 2.24) is 5.32 Å². The molecule has 0 radical (unpaired) electrons. The van der Waals surface area contributed by atoms with Crippen LogP contribution in [0.2, 0.25) is 0 Å². The Morgan fingerprint density at radius 1 is 0.374 bits per heavy atom. The van der Waals surface area contributed by atoms with E-state index in [1.54, 1.807) is 6.08 Å². The third-order valence-corrected chi connectivity index (χ3v) is 18.6. The Kier molecular flexibility index (Phi) is 54.2. The van der Waals surface area contributed by atoms with Crippen LogP contribution in [0.1, 0.15) is 258 Å². The smallest absolute Gasteiger partial charge is 0.220 e. The van der Waals surface area contributed by atoms with Crippen molar-refractivity contribution in [1.29, 1.82) is 0 Å². The second-order valence-corrected chi connectivity index (χ2v) is 27.1. The number of unbranched alkanes of at least 4 members (excludes halogenated alkanes) is 27. The van der Waals surface area contributed by atoms with E-state index < -0.39 is 124 Å². The van der Waals surface area contributed by atoms with E-state index in [2.05, 4.69) is 116 Å². The number of nitrogens with one attached hydrogen (secondary N) is 1. The van der Waals surface area contributed by atoms with Gasteiger partial charge in [0.1, 0.15) is 73.2 Å². The number of rotatable bonds is 59. The number of aliphatic hydroxyl groups is 11. The van der Waals surface area contributed by atoms with Crippen molar-refractivity contribution in [3.05, 3.63) is 109 Å². The van der Waals surface area contributed by atoms with Crippen LogP contribution in [0.25, 0.3) is 0 Å². The predicted octanol–water partition coefficient (Wildman–Crippen LogP) is 12.2. The molecule has 19 heteroatoms. The van der Waals surface area contributed by atoms with Gasteiger partial charge in [0, 0.05) is 6.42 Å². The lowest BCUT2D eigenvalue weighted by molar-refractivity contribution is -0.379. The van der Waals surface area contributed by atoms with Crippen molar-refractivity contribution in [3.8, 4) is 0 Å². The lowest BCUT2D eigenvalue weighted by atomic mass is 9.96. The molecule has 0 bridgehead atoms. The maximum Gasteiger partial charge on any atom is 0.220 e. The topological polar surface area (TPSA) is 307 Å². The Labute approximate surface area is 595 Å². The van der Waals surface area contributed by atoms with Crippen molar-refractivity contribution in [2.24, 2.45) is 0 Å². The quantitative estimate of drug-likeness (QED) is 0.0199. The molecule has 0 spiro atoms. The lowest BCUT2D eigenvalue weighted by Crippen LogP contribution is -2.66. The van der Waals surface area contributed by atoms with Gasteiger partial charge in [-0.2, -0.15) is 0 Å². The number of aliphatic hydroxyl groups excluding tert-OH is 11. The van der Waals surface area contributed by atoms with Gasteiger partial charge < -0.3 is 89.9 Å². The summed E-state index contributed by atoms with van der Waals surface area (Å²) in [7, 11) is 0. The Bertz CT molecular complexity index is 2220. The minimum atomic E-state index is -1.99. The lowest BCUT2D eigenvalue weighted by Gasteiger charge is -2.48. The summed E-state index contributed by atoms with van der Waals surface area (Å²) in [6.45, 7) is 1.60. The normalized spacial score (nSPS) is 27.2. The second-order valence-electron chi connectivity index (χ2n) is 27.1. The summed E-state index contributed by atoms with van der Waals surface area (Å²) < 4.78 is 34.4. The summed E-state index contributed by atoms with van der Waals surface area (Å²) in [4.78, 5) is 13.5. The third-order valence-electron chi connectivity index (χ3n) is 18.6. The Morgan fingerprint density at radius 2 is 0.707 bits per heavy atom. The summed E-state index contributed by atoms with van der Waals surface area (Å²) in [6.07, 6.45) is 54.9. The van der Waals surface area contributed by atoms with Crippen LogP contribution < -0.4 is 5.32 Å². The van der Waals surface area contributed by atoms with Gasteiger partial charge in [0.15, 0.2) is 18.9 Å². The number of carbonyl (C=O) groups is 1. The average Bonchev–Trinajstić information content (AvgIpc) is 0.785. The fraction of sp³-hybridized carbons (Fsp3) is 0.762. The van der Waals surface area contributed by atoms with Gasteiger partial charge in [-0.1, -0.05) is 271 Å². The largest absolute Gasteiger partial charge is 0.394 e. The third kappa shape index (κ3) is 40.3. The van der Waals surface area contributed by atoms with E-state index in [-0.39, 0.29) is 18.9 Å². The minimum Gasteiger partial charge on any atom is -0.394 e. The van der Waals surface area contributed by atoms with Gasteiger partial charge >= 0.3 is 0 Å². The predicted molar refractivity (Wildman–Crippen MR) is 392 cm³/mol. The van der Waals surface area contributed by atoms with Crippen LogP contribution in [0.15, 0.2) is 109 Å². The number of allylic oxidation sites excluding steroid dienone is 17. The zero-order valence-corrected chi connectivity index (χ0v) is 60.7. The van der Waals surface area contributed by atoms with Gasteiger partial charge in [0.25, 0.3) is 0 Å². The van der Waals surface area contributed by atoms with E-state index in [0.717, 1.165) is 109 Å². The first-order valence-corrected chi connectivity index (χ1v) is 38.6. The molecule has 12 N–H and O–H groups in total. The van der Waals surface area contributed by atoms with Gasteiger partial charge in [-0.05, 0) is 89.9 Å². The van der Waals surface area contributed by atoms with Crippen LogP contribution in [0.5, 0.6) is 0 Å². The van der Waals surface area contributed by atoms with Crippen molar-refractivity contribution in [2.45, 2.75) is 362 Å². The molecule has 0 aromatic heterocycles. The van der Waals surface area contributed by atoms with Gasteiger partial charge in [-0.15, -0.1) is 0 Å². The van der Waals surface area contributed by atoms with E-state index in [1.807, 2.05) is 6.08 Å². The summed E-state index contributed by atoms with van der Waals surface area (Å²) in [5.41, 5.74) is 0. The molecule has 0 saturated carbocycles. The SMILES string of the molecule is CC/C=C\C/C=C\C/C=C\C/C=C\C/C=C\C/C=C\C/C=C\CCCCCCCCCC(=O)NC(COC1OC(CO)C(OC2OC(CO)C(OC3OC(CO)C(O)C(O)C3O)C(O)C2O)C(O)C1O)C(O)/C=C/CC/C=C/CCCCCCCCCCCCCCCCCCCCC. The van der Waals surface area contributed by atoms with E-state index in [4.69, 9.17) is 28.4 Å². The van der Waals surface area contributed by atoms with Crippen LogP contribution in [0.3, 0.4) is 0 Å². The zero-order chi connectivity index (χ0) is 71.8. The van der Waals surface area contributed by atoms with Crippen molar-refractivity contribution < 1.29 is 89.4 Å². The average molecular weight is 1400 g/mol. The zero-order valence-electron chi connectivity index (χ0n) is 60.7. The molecular formula is C80H137NO18. The molecule has 3 aliphatic heterocycles. The van der Waals surface area contributed by atoms with E-state index in [0.29, 0.717) is 12.8 Å². The molecule has 99 heavy (non-hydrogen) atoms. The monoisotopic (exact) mass is 1400 g/mol. The fourth-order valence-corrected chi connectivity index (χ4v) is 12.4. The molecule has 570 valence electrons. The van der Waals surface area contributed by atoms with Gasteiger partial charge in [-0.25, -0.2) is 0 Å². The minimum absolute atomic E-state index is 0.215. The number of hydrogen-bond acceptors (Lipinski definition) is 18. The fourth-order valence-electron chi connectivity index (χ4n) is 12.4. The van der Waals surface area contributed by atoms with Crippen molar-refractivity contribution >= 4 is 5.91 Å². The maximum atomic E-state index is 13.5. The molecule has 3 fully saturated rings. The maximum absolute atomic E-state index is 13.5. The van der Waals surface area contributed by atoms with E-state index in [9.17, 15) is 61.0 Å². The van der Waals surface area contributed by atoms with Crippen LogP contribution in [0, 0.1) is 0 Å². The number of ether oxygens (including phenoxy) is 6. The molecule has 0 aromatic carbocycles. The summed E-state index contributed by atoms with van der Waals surface area (Å²) in [5, 5.41) is 121. The summed E-state index contributed by atoms with van der Waals surface area (Å²) >= 11 is 0. The Morgan fingerprint density at radius 3 is 1.13 bits per heavy atom. The standard InChI is InChI=1S/C80H137NO18/c1-3-5-7-9-11-13-15-17-19-21-23-25-27-29-30-31-32-34-36-38-40-42-44-46-48-50-52-54-56-58-68(86)81-63(64(85)57-55-53-51-49-47-45-43-41-39-37-35-33-28-26-24-22-20-18-16-14-12-10-8-6-4-2)62-94-78-74(92)71(89)76(66(60-83)96-78)99-80-75(93)72(90)77(67(61-84)97-80)98-79-73(91)70(88)69(87)65(59-82)95-79/h5,7,11,13,17,19,23,25,29-30,32,34,38,40,47,49,55,57,63-67,69-80,82-85,87-93H,3-4,6,8-10,12,14-16,18,20-22,24,26-28,31,33,35-37,39,41-46,48,50-54,56,58-62H2,1-2H3,(H,81,86)/b7-5-,13-11-,19-17-,25-23-,30-29-,34-32-,40-38-,49-47+,57-55+. The molecule has 0 aromatic rings. The summed E-state index contributed by atoms with van der Waals surface area (Å²) in [6, 6.07) is -1.01. The molecule has 1 amide bonds. The molecule has 3 heterocycles. The van der Waals surface area contributed by atoms with Crippen LogP contribution >= 0.6 is 0 Å². The Hall–Kier alpha value is -3.55. The molecule has 3 saturated heterocycles. The first-order chi connectivity index (χ1) is 48.3. The first-order valence-electron chi connectivity index (χ1n) is 38.6. The molecule has 19 nitrogen and oxygen atoms in total. The molecule has 17 unspecified atom stereocenters. The molecular weight excluding hydrogens is 1260 g/mol. The molecule has 17 atom stereocenters. The highest BCUT2D eigenvalue weighted by molar-refractivity contribution is 5.76. The Balaban J connectivity index is 1.42. The second kappa shape index (κ2) is 59.8. The number of hydrogen-bond donors (Lipinski definition) is 12. The van der Waals surface area contributed by atoms with Gasteiger partial charge in [-0.3, -0.25) is 4.79 Å². The van der Waals surface area contributed by atoms with Crippen LogP contribution in [-0.2, 0) is 33.2 Å². The van der Waals surface area contributed by atoms with Crippen molar-refractivity contribution in [3.63, 3.8) is 0 Å². The van der Waals surface area contributed by atoms with Crippen LogP contribution in [-0.4, -0.2) is 193 Å². The van der Waals surface area contributed by atoms with E-state index in [1.165, 1.54) is 116 Å². The number of amides is 1. The van der Waals surface area contributed by atoms with Crippen LogP contribution in [0.4, 0.5) is 0 Å². The van der Waals surface area contributed by atoms with Gasteiger partial charge in [0.2, 0.25) is 5.91 Å². The summed E-state index contributed by atoms with van der Waals surface area (Å²) in [5.74, 6) is -0.299. The van der Waals surface area contributed by atoms with Crippen molar-refractivity contribution in [2.75, 3.05) is 26.4 Å². The number of carbonyl (C=O) groups excluding carboxylic acids is 1. The molecule has 3 aliphatic rings. The molecule has 0 aliphatic carbocycles. The van der Waals surface area contributed by atoms with E-state index >= 15 is 0 Å². The highest BCUT2D eigenvalue weighted by Gasteiger charge is 2.53.